The topological polar surface area (TPSA) is 25.8 Å². The van der Waals surface area contributed by atoms with E-state index in [1.54, 1.807) is 0 Å². The van der Waals surface area contributed by atoms with Crippen LogP contribution in [-0.4, -0.2) is 9.97 Å². The minimum atomic E-state index is -0.536. The third-order valence-electron chi connectivity index (χ3n) is 12.6. The summed E-state index contributed by atoms with van der Waals surface area (Å²) in [7, 11) is 0. The van der Waals surface area contributed by atoms with Gasteiger partial charge in [-0.2, -0.15) is 0 Å². The van der Waals surface area contributed by atoms with Crippen LogP contribution in [0.15, 0.2) is 206 Å². The lowest BCUT2D eigenvalue weighted by Crippen LogP contribution is -2.40. The summed E-state index contributed by atoms with van der Waals surface area (Å²) in [5.41, 5.74) is 19.5. The van der Waals surface area contributed by atoms with Crippen molar-refractivity contribution < 1.29 is 0 Å². The van der Waals surface area contributed by atoms with Gasteiger partial charge >= 0.3 is 0 Å². The van der Waals surface area contributed by atoms with Crippen LogP contribution in [0, 0.1) is 0 Å². The molecule has 0 N–H and O–H groups in total. The first kappa shape index (κ1) is 34.1. The average molecular weight is 741 g/mol. The molecule has 0 radical (unpaired) electrons. The van der Waals surface area contributed by atoms with Crippen molar-refractivity contribution in [2.24, 2.45) is 0 Å². The highest BCUT2D eigenvalue weighted by atomic mass is 14.9. The Balaban J connectivity index is 1.23. The van der Waals surface area contributed by atoms with E-state index < -0.39 is 5.41 Å². The predicted molar refractivity (Wildman–Crippen MR) is 239 cm³/mol. The molecular formula is C56H40N2. The Morgan fingerprint density at radius 1 is 0.310 bits per heavy atom. The van der Waals surface area contributed by atoms with Crippen LogP contribution in [0.3, 0.4) is 0 Å². The van der Waals surface area contributed by atoms with Crippen LogP contribution in [0.25, 0.3) is 67.3 Å². The molecule has 2 heteroatoms. The van der Waals surface area contributed by atoms with Gasteiger partial charge in [0, 0.05) is 22.1 Å². The van der Waals surface area contributed by atoms with E-state index in [-0.39, 0.29) is 5.41 Å². The van der Waals surface area contributed by atoms with Crippen molar-refractivity contribution in [3.63, 3.8) is 0 Å². The fraction of sp³-hybridized carbons (Fsp3) is 0.0714. The van der Waals surface area contributed by atoms with Crippen LogP contribution < -0.4 is 0 Å². The zero-order valence-corrected chi connectivity index (χ0v) is 32.5. The molecule has 9 aromatic rings. The second kappa shape index (κ2) is 13.2. The van der Waals surface area contributed by atoms with E-state index in [2.05, 4.69) is 214 Å². The molecule has 0 amide bonds. The van der Waals surface area contributed by atoms with E-state index in [9.17, 15) is 0 Å². The first-order valence-corrected chi connectivity index (χ1v) is 20.2. The smallest absolute Gasteiger partial charge is 0.160 e. The predicted octanol–water partition coefficient (Wildman–Crippen LogP) is 13.8. The third kappa shape index (κ3) is 5.11. The summed E-state index contributed by atoms with van der Waals surface area (Å²) in [6.07, 6.45) is 0. The summed E-state index contributed by atoms with van der Waals surface area (Å²) in [5, 5.41) is 0. The normalized spacial score (nSPS) is 14.0. The van der Waals surface area contributed by atoms with E-state index in [1.807, 2.05) is 6.07 Å². The van der Waals surface area contributed by atoms with Crippen molar-refractivity contribution >= 4 is 0 Å². The highest BCUT2D eigenvalue weighted by Gasteiger charge is 2.53. The molecule has 2 aliphatic rings. The van der Waals surface area contributed by atoms with Crippen molar-refractivity contribution in [1.82, 2.24) is 9.97 Å². The highest BCUT2D eigenvalue weighted by molar-refractivity contribution is 5.98. The van der Waals surface area contributed by atoms with Gasteiger partial charge in [0.05, 0.1) is 16.8 Å². The van der Waals surface area contributed by atoms with Crippen molar-refractivity contribution in [3.8, 4) is 67.3 Å². The van der Waals surface area contributed by atoms with Gasteiger partial charge in [-0.15, -0.1) is 0 Å². The van der Waals surface area contributed by atoms with E-state index in [0.717, 1.165) is 28.1 Å². The summed E-state index contributed by atoms with van der Waals surface area (Å²) in [6, 6.07) is 75.0. The molecule has 274 valence electrons. The Labute approximate surface area is 340 Å². The van der Waals surface area contributed by atoms with Crippen LogP contribution in [0.5, 0.6) is 0 Å². The summed E-state index contributed by atoms with van der Waals surface area (Å²) in [6.45, 7) is 4.76. The quantitative estimate of drug-likeness (QED) is 0.176. The number of fused-ring (bicyclic) bond motifs is 9. The molecule has 0 fully saturated rings. The summed E-state index contributed by atoms with van der Waals surface area (Å²) in [4.78, 5) is 10.6. The Bertz CT molecular complexity index is 2910. The van der Waals surface area contributed by atoms with E-state index in [0.29, 0.717) is 5.82 Å². The standard InChI is InChI=1S/C56H40N2/c1-55(2)46-27-12-14-29-48(46)56(49-30-15-13-28-47(49)55)45-33-32-42(41-25-16-24-40(34-41)37-18-6-3-7-19-37)35-44(45)53-43(26-17-31-50(53)56)52-36-51(38-20-8-4-9-21-38)57-54(58-52)39-22-10-5-11-23-39/h3-36H,1-2H3. The van der Waals surface area contributed by atoms with Crippen LogP contribution in [0.1, 0.15) is 47.2 Å². The van der Waals surface area contributed by atoms with Crippen molar-refractivity contribution in [2.45, 2.75) is 24.7 Å². The molecule has 0 aliphatic heterocycles. The van der Waals surface area contributed by atoms with Crippen LogP contribution in [-0.2, 0) is 10.8 Å². The minimum absolute atomic E-state index is 0.182. The van der Waals surface area contributed by atoms with Crippen LogP contribution in [0.2, 0.25) is 0 Å². The molecule has 2 aliphatic carbocycles. The Kier molecular flexibility index (Phi) is 7.78. The summed E-state index contributed by atoms with van der Waals surface area (Å²) in [5.74, 6) is 0.712. The number of aromatic nitrogens is 2. The molecule has 0 bridgehead atoms. The fourth-order valence-corrected chi connectivity index (χ4v) is 9.92. The second-order valence-electron chi connectivity index (χ2n) is 16.1. The zero-order valence-electron chi connectivity index (χ0n) is 32.5. The Hall–Kier alpha value is -7.16. The first-order chi connectivity index (χ1) is 28.5. The molecule has 0 saturated heterocycles. The number of nitrogens with zero attached hydrogens (tertiary/aromatic N) is 2. The maximum absolute atomic E-state index is 5.41. The van der Waals surface area contributed by atoms with Crippen molar-refractivity contribution in [1.29, 1.82) is 0 Å². The Morgan fingerprint density at radius 3 is 1.45 bits per heavy atom. The van der Waals surface area contributed by atoms with Gasteiger partial charge in [-0.3, -0.25) is 0 Å². The lowest BCUT2D eigenvalue weighted by molar-refractivity contribution is 0.563. The minimum Gasteiger partial charge on any atom is -0.228 e. The zero-order chi connectivity index (χ0) is 38.8. The van der Waals surface area contributed by atoms with Crippen LogP contribution in [0.4, 0.5) is 0 Å². The van der Waals surface area contributed by atoms with Gasteiger partial charge in [-0.25, -0.2) is 9.97 Å². The summed E-state index contributed by atoms with van der Waals surface area (Å²) < 4.78 is 0. The first-order valence-electron chi connectivity index (χ1n) is 20.2. The molecule has 0 unspecified atom stereocenters. The molecular weight excluding hydrogens is 701 g/mol. The van der Waals surface area contributed by atoms with Gasteiger partial charge in [0.25, 0.3) is 0 Å². The fourth-order valence-electron chi connectivity index (χ4n) is 9.92. The lowest BCUT2D eigenvalue weighted by Gasteiger charge is -2.46. The maximum Gasteiger partial charge on any atom is 0.160 e. The van der Waals surface area contributed by atoms with Crippen molar-refractivity contribution in [3.05, 3.63) is 240 Å². The van der Waals surface area contributed by atoms with Gasteiger partial charge in [0.1, 0.15) is 0 Å². The molecule has 2 nitrogen and oxygen atoms in total. The Morgan fingerprint density at radius 2 is 0.793 bits per heavy atom. The molecule has 11 rings (SSSR count). The number of benzene rings is 8. The van der Waals surface area contributed by atoms with Gasteiger partial charge in [0.2, 0.25) is 0 Å². The second-order valence-corrected chi connectivity index (χ2v) is 16.1. The SMILES string of the molecule is CC1(C)c2ccccc2C2(c3ccc(-c4cccc(-c5ccccc5)c4)cc3-c3c(-c4cc(-c5ccccc5)nc(-c5ccccc5)n4)cccc32)c2ccccc21. The van der Waals surface area contributed by atoms with Gasteiger partial charge < -0.3 is 0 Å². The molecule has 1 spiro atoms. The maximum atomic E-state index is 5.41. The molecule has 8 aromatic carbocycles. The van der Waals surface area contributed by atoms with Gasteiger partial charge in [-0.1, -0.05) is 202 Å². The monoisotopic (exact) mass is 740 g/mol. The molecule has 0 saturated carbocycles. The third-order valence-corrected chi connectivity index (χ3v) is 12.6. The highest BCUT2D eigenvalue weighted by Crippen LogP contribution is 2.63. The average Bonchev–Trinajstić information content (AvgIpc) is 3.59. The van der Waals surface area contributed by atoms with E-state index >= 15 is 0 Å². The van der Waals surface area contributed by atoms with Crippen molar-refractivity contribution in [2.75, 3.05) is 0 Å². The number of hydrogen-bond acceptors (Lipinski definition) is 2. The number of hydrogen-bond donors (Lipinski definition) is 0. The largest absolute Gasteiger partial charge is 0.228 e. The molecule has 0 atom stereocenters. The van der Waals surface area contributed by atoms with Crippen LogP contribution >= 0.6 is 0 Å². The van der Waals surface area contributed by atoms with Gasteiger partial charge in [-0.05, 0) is 85.0 Å². The molecule has 1 aromatic heterocycles. The lowest BCUT2D eigenvalue weighted by atomic mass is 9.55. The summed E-state index contributed by atoms with van der Waals surface area (Å²) >= 11 is 0. The van der Waals surface area contributed by atoms with Gasteiger partial charge in [0.15, 0.2) is 5.82 Å². The molecule has 1 heterocycles. The number of rotatable bonds is 5. The van der Waals surface area contributed by atoms with E-state index in [4.69, 9.17) is 9.97 Å². The molecule has 58 heavy (non-hydrogen) atoms. The van der Waals surface area contributed by atoms with E-state index in [1.165, 1.54) is 66.8 Å².